The molecule has 0 bridgehead atoms. The van der Waals surface area contributed by atoms with E-state index in [1.807, 2.05) is 0 Å². The van der Waals surface area contributed by atoms with E-state index in [-0.39, 0.29) is 11.6 Å². The fraction of sp³-hybridized carbons (Fsp3) is 0.0909. The number of aromatic carboxylic acids is 1. The minimum absolute atomic E-state index is 0.0828. The van der Waals surface area contributed by atoms with Crippen molar-refractivity contribution < 1.29 is 15.0 Å². The number of phenols is 1. The molecule has 82 valence electrons. The zero-order valence-electron chi connectivity index (χ0n) is 8.56. The molecule has 5 nitrogen and oxygen atoms in total. The number of hydrogen-bond acceptors (Lipinski definition) is 3. The topological polar surface area (TPSA) is 86.2 Å². The molecule has 0 spiro atoms. The third kappa shape index (κ3) is 1.75. The highest BCUT2D eigenvalue weighted by molar-refractivity contribution is 5.84. The molecule has 0 radical (unpaired) electrons. The molecule has 1 heterocycles. The molecule has 0 saturated heterocycles. The molecule has 0 saturated carbocycles. The third-order valence-electron chi connectivity index (χ3n) is 2.23. The monoisotopic (exact) mass is 218 g/mol. The Morgan fingerprint density at radius 3 is 2.44 bits per heavy atom. The largest absolute Gasteiger partial charge is 0.508 e. The lowest BCUT2D eigenvalue weighted by Gasteiger charge is -1.98. The van der Waals surface area contributed by atoms with Gasteiger partial charge in [0, 0.05) is 11.3 Å². The molecule has 0 amide bonds. The highest BCUT2D eigenvalue weighted by atomic mass is 16.4. The zero-order chi connectivity index (χ0) is 11.7. The number of nitrogens with zero attached hydrogens (tertiary/aromatic N) is 1. The van der Waals surface area contributed by atoms with Crippen LogP contribution in [0, 0.1) is 6.92 Å². The Kier molecular flexibility index (Phi) is 2.36. The predicted octanol–water partition coefficient (Wildman–Crippen LogP) is 1.79. The maximum Gasteiger partial charge on any atom is 0.371 e. The van der Waals surface area contributed by atoms with Gasteiger partial charge < -0.3 is 15.2 Å². The van der Waals surface area contributed by atoms with Crippen LogP contribution in [0.4, 0.5) is 0 Å². The SMILES string of the molecule is Cc1[nH]c(C(=O)O)nc1-c1ccc(O)cc1. The number of carboxylic acid groups (broad SMARTS) is 1. The van der Waals surface area contributed by atoms with Gasteiger partial charge >= 0.3 is 5.97 Å². The number of aromatic nitrogens is 2. The number of rotatable bonds is 2. The van der Waals surface area contributed by atoms with E-state index in [2.05, 4.69) is 9.97 Å². The Morgan fingerprint density at radius 1 is 1.31 bits per heavy atom. The summed E-state index contributed by atoms with van der Waals surface area (Å²) >= 11 is 0. The van der Waals surface area contributed by atoms with Gasteiger partial charge in [0.1, 0.15) is 5.75 Å². The van der Waals surface area contributed by atoms with Crippen LogP contribution in [-0.2, 0) is 0 Å². The fourth-order valence-electron chi connectivity index (χ4n) is 1.46. The van der Waals surface area contributed by atoms with Gasteiger partial charge in [-0.3, -0.25) is 0 Å². The van der Waals surface area contributed by atoms with E-state index >= 15 is 0 Å². The maximum absolute atomic E-state index is 10.7. The van der Waals surface area contributed by atoms with Crippen LogP contribution in [0.2, 0.25) is 0 Å². The second kappa shape index (κ2) is 3.69. The summed E-state index contributed by atoms with van der Waals surface area (Å²) in [6.45, 7) is 1.75. The van der Waals surface area contributed by atoms with E-state index in [9.17, 15) is 4.79 Å². The second-order valence-corrected chi connectivity index (χ2v) is 3.41. The molecule has 0 aliphatic heterocycles. The molecule has 0 aliphatic rings. The number of benzene rings is 1. The van der Waals surface area contributed by atoms with Crippen molar-refractivity contribution in [3.05, 3.63) is 35.8 Å². The predicted molar refractivity (Wildman–Crippen MR) is 57.4 cm³/mol. The van der Waals surface area contributed by atoms with Crippen molar-refractivity contribution in [2.75, 3.05) is 0 Å². The summed E-state index contributed by atoms with van der Waals surface area (Å²) in [5, 5.41) is 17.9. The lowest BCUT2D eigenvalue weighted by Crippen LogP contribution is -1.98. The lowest BCUT2D eigenvalue weighted by atomic mass is 10.1. The Morgan fingerprint density at radius 2 is 1.94 bits per heavy atom. The first-order valence-corrected chi connectivity index (χ1v) is 4.67. The van der Waals surface area contributed by atoms with Gasteiger partial charge in [-0.25, -0.2) is 9.78 Å². The molecular weight excluding hydrogens is 208 g/mol. The number of aromatic hydroxyl groups is 1. The number of imidazole rings is 1. The highest BCUT2D eigenvalue weighted by Crippen LogP contribution is 2.23. The lowest BCUT2D eigenvalue weighted by molar-refractivity contribution is 0.0684. The number of carbonyl (C=O) groups is 1. The van der Waals surface area contributed by atoms with Crippen molar-refractivity contribution in [2.45, 2.75) is 6.92 Å². The Bertz CT molecular complexity index is 529. The number of phenolic OH excluding ortho intramolecular Hbond substituents is 1. The van der Waals surface area contributed by atoms with Crippen LogP contribution >= 0.6 is 0 Å². The van der Waals surface area contributed by atoms with Crippen molar-refractivity contribution in [2.24, 2.45) is 0 Å². The summed E-state index contributed by atoms with van der Waals surface area (Å²) in [7, 11) is 0. The highest BCUT2D eigenvalue weighted by Gasteiger charge is 2.13. The van der Waals surface area contributed by atoms with Crippen molar-refractivity contribution in [3.8, 4) is 17.0 Å². The number of nitrogens with one attached hydrogen (secondary N) is 1. The first kappa shape index (κ1) is 10.2. The van der Waals surface area contributed by atoms with Crippen molar-refractivity contribution >= 4 is 5.97 Å². The maximum atomic E-state index is 10.7. The second-order valence-electron chi connectivity index (χ2n) is 3.41. The van der Waals surface area contributed by atoms with E-state index in [4.69, 9.17) is 10.2 Å². The molecule has 0 atom stereocenters. The normalized spacial score (nSPS) is 10.3. The molecule has 3 N–H and O–H groups in total. The third-order valence-corrected chi connectivity index (χ3v) is 2.23. The summed E-state index contributed by atoms with van der Waals surface area (Å²) in [6, 6.07) is 6.43. The molecule has 0 unspecified atom stereocenters. The standard InChI is InChI=1S/C11H10N2O3/c1-6-9(13-10(12-6)11(15)16)7-2-4-8(14)5-3-7/h2-5,14H,1H3,(H,12,13)(H,15,16). The van der Waals surface area contributed by atoms with Crippen LogP contribution in [0.5, 0.6) is 5.75 Å². The molecule has 0 aliphatic carbocycles. The van der Waals surface area contributed by atoms with Gasteiger partial charge in [0.05, 0.1) is 5.69 Å². The van der Waals surface area contributed by atoms with E-state index in [0.29, 0.717) is 11.4 Å². The van der Waals surface area contributed by atoms with Crippen LogP contribution in [0.1, 0.15) is 16.3 Å². The molecule has 16 heavy (non-hydrogen) atoms. The quantitative estimate of drug-likeness (QED) is 0.717. The van der Waals surface area contributed by atoms with Crippen molar-refractivity contribution in [1.29, 1.82) is 0 Å². The van der Waals surface area contributed by atoms with Crippen LogP contribution in [0.3, 0.4) is 0 Å². The van der Waals surface area contributed by atoms with Gasteiger partial charge in [-0.15, -0.1) is 0 Å². The van der Waals surface area contributed by atoms with Crippen molar-refractivity contribution in [3.63, 3.8) is 0 Å². The summed E-state index contributed by atoms with van der Waals surface area (Å²) in [4.78, 5) is 17.4. The Labute approximate surface area is 91.4 Å². The Balaban J connectivity index is 2.47. The molecule has 1 aromatic carbocycles. The summed E-state index contributed by atoms with van der Waals surface area (Å²) < 4.78 is 0. The average molecular weight is 218 g/mol. The van der Waals surface area contributed by atoms with E-state index in [0.717, 1.165) is 5.56 Å². The minimum Gasteiger partial charge on any atom is -0.508 e. The van der Waals surface area contributed by atoms with Gasteiger partial charge in [0.2, 0.25) is 5.82 Å². The Hall–Kier alpha value is -2.30. The van der Waals surface area contributed by atoms with E-state index in [1.54, 1.807) is 19.1 Å². The first-order valence-electron chi connectivity index (χ1n) is 4.67. The van der Waals surface area contributed by atoms with Crippen LogP contribution in [-0.4, -0.2) is 26.2 Å². The van der Waals surface area contributed by atoms with Gasteiger partial charge in [0.25, 0.3) is 0 Å². The number of carboxylic acids is 1. The minimum atomic E-state index is -1.09. The van der Waals surface area contributed by atoms with Gasteiger partial charge in [-0.05, 0) is 31.2 Å². The van der Waals surface area contributed by atoms with E-state index < -0.39 is 5.97 Å². The van der Waals surface area contributed by atoms with Gasteiger partial charge in [-0.1, -0.05) is 0 Å². The van der Waals surface area contributed by atoms with Gasteiger partial charge in [-0.2, -0.15) is 0 Å². The fourth-order valence-corrected chi connectivity index (χ4v) is 1.46. The average Bonchev–Trinajstić information content (AvgIpc) is 2.62. The number of aryl methyl sites for hydroxylation is 1. The molecular formula is C11H10N2O3. The number of hydrogen-bond donors (Lipinski definition) is 3. The molecule has 2 aromatic rings. The van der Waals surface area contributed by atoms with Crippen molar-refractivity contribution in [1.82, 2.24) is 9.97 Å². The number of aromatic amines is 1. The van der Waals surface area contributed by atoms with Crippen LogP contribution in [0.25, 0.3) is 11.3 Å². The summed E-state index contributed by atoms with van der Waals surface area (Å²) in [5.74, 6) is -1.01. The first-order chi connectivity index (χ1) is 7.58. The summed E-state index contributed by atoms with van der Waals surface area (Å²) in [6.07, 6.45) is 0. The molecule has 0 fully saturated rings. The smallest absolute Gasteiger partial charge is 0.371 e. The zero-order valence-corrected chi connectivity index (χ0v) is 8.56. The number of H-pyrrole nitrogens is 1. The molecule has 1 aromatic heterocycles. The van der Waals surface area contributed by atoms with Gasteiger partial charge in [0.15, 0.2) is 0 Å². The van der Waals surface area contributed by atoms with E-state index in [1.165, 1.54) is 12.1 Å². The van der Waals surface area contributed by atoms with Crippen LogP contribution < -0.4 is 0 Å². The molecule has 5 heteroatoms. The summed E-state index contributed by atoms with van der Waals surface area (Å²) in [5.41, 5.74) is 2.03. The molecule has 2 rings (SSSR count). The van der Waals surface area contributed by atoms with Crippen LogP contribution in [0.15, 0.2) is 24.3 Å².